The molecule has 12 nitrogen and oxygen atoms in total. The van der Waals surface area contributed by atoms with Crippen LogP contribution >= 0.6 is 0 Å². The van der Waals surface area contributed by atoms with E-state index in [4.69, 9.17) is 29.5 Å². The monoisotopic (exact) mass is 944 g/mol. The molecule has 0 unspecified atom stereocenters. The Morgan fingerprint density at radius 3 is 1.47 bits per heavy atom. The van der Waals surface area contributed by atoms with E-state index >= 15 is 0 Å². The van der Waals surface area contributed by atoms with Crippen molar-refractivity contribution >= 4 is 23.6 Å². The van der Waals surface area contributed by atoms with E-state index in [0.29, 0.717) is 6.42 Å². The van der Waals surface area contributed by atoms with Crippen LogP contribution in [0.3, 0.4) is 0 Å². The maximum atomic E-state index is 11.9. The number of fused-ring (bicyclic) bond motifs is 6. The number of aryl methyl sites for hydroxylation is 1. The van der Waals surface area contributed by atoms with Crippen LogP contribution < -0.4 is 16.4 Å². The molecule has 0 bridgehead atoms. The summed E-state index contributed by atoms with van der Waals surface area (Å²) in [7, 11) is 1.50. The summed E-state index contributed by atoms with van der Waals surface area (Å²) in [5, 5.41) is 7.33. The number of piperidine rings is 2. The van der Waals surface area contributed by atoms with E-state index in [2.05, 4.69) is 112 Å². The summed E-state index contributed by atoms with van der Waals surface area (Å²) in [4.78, 5) is 53.3. The van der Waals surface area contributed by atoms with Gasteiger partial charge in [-0.05, 0) is 138 Å². The molecule has 2 saturated heterocycles. The van der Waals surface area contributed by atoms with Crippen molar-refractivity contribution in [3.63, 3.8) is 0 Å². The molecule has 368 valence electrons. The summed E-state index contributed by atoms with van der Waals surface area (Å²) in [6.45, 7) is 12.9. The van der Waals surface area contributed by atoms with Crippen LogP contribution in [0.1, 0.15) is 127 Å². The quantitative estimate of drug-likeness (QED) is 0.0661. The molecule has 10 rings (SSSR count). The van der Waals surface area contributed by atoms with Gasteiger partial charge in [0.25, 0.3) is 0 Å². The fourth-order valence-electron chi connectivity index (χ4n) is 9.97. The molecule has 6 aromatic rings. The van der Waals surface area contributed by atoms with Gasteiger partial charge in [0.2, 0.25) is 0 Å². The first-order chi connectivity index (χ1) is 33.8. The third kappa shape index (κ3) is 14.3. The Hall–Kier alpha value is -6.43. The second-order valence-corrected chi connectivity index (χ2v) is 18.3. The molecule has 0 amide bonds. The number of benzene rings is 4. The first-order valence-corrected chi connectivity index (χ1v) is 25.0. The van der Waals surface area contributed by atoms with Gasteiger partial charge in [0.1, 0.15) is 23.3 Å². The normalized spacial score (nSPS) is 14.2. The zero-order valence-electron chi connectivity index (χ0n) is 40.9. The zero-order chi connectivity index (χ0) is 48.4. The van der Waals surface area contributed by atoms with Gasteiger partial charge in [0.15, 0.2) is 5.78 Å². The predicted octanol–water partition coefficient (Wildman–Crippen LogP) is 9.99. The second kappa shape index (κ2) is 27.1. The van der Waals surface area contributed by atoms with Gasteiger partial charge in [-0.15, -0.1) is 0 Å². The first kappa shape index (κ1) is 52.9. The van der Waals surface area contributed by atoms with Gasteiger partial charge in [0, 0.05) is 55.5 Å². The number of ketones is 1. The zero-order valence-corrected chi connectivity index (χ0v) is 40.9. The molecule has 2 aliphatic carbocycles. The average molecular weight is 944 g/mol. The summed E-state index contributed by atoms with van der Waals surface area (Å²) >= 11 is 0. The molecule has 70 heavy (non-hydrogen) atoms. The Bertz CT molecular complexity index is 2640. The Morgan fingerprint density at radius 2 is 1.03 bits per heavy atom. The number of Topliss-reactive ketones (excluding diaryl/α,β-unsaturated/α-hetero) is 1. The first-order valence-electron chi connectivity index (χ1n) is 25.0. The van der Waals surface area contributed by atoms with Gasteiger partial charge in [-0.2, -0.15) is 9.59 Å². The third-order valence-electron chi connectivity index (χ3n) is 13.3. The van der Waals surface area contributed by atoms with Crippen molar-refractivity contribution in [3.8, 4) is 22.3 Å². The van der Waals surface area contributed by atoms with Crippen LogP contribution in [-0.4, -0.2) is 101 Å². The van der Waals surface area contributed by atoms with E-state index in [0.717, 1.165) is 97.4 Å². The highest BCUT2D eigenvalue weighted by Crippen LogP contribution is 2.42. The lowest BCUT2D eigenvalue weighted by Gasteiger charge is -2.26. The van der Waals surface area contributed by atoms with Crippen LogP contribution in [0.15, 0.2) is 97.1 Å². The molecule has 0 spiro atoms. The molecular weight excluding hydrogens is 871 g/mol. The fourth-order valence-corrected chi connectivity index (χ4v) is 9.97. The Labute approximate surface area is 416 Å². The van der Waals surface area contributed by atoms with Crippen molar-refractivity contribution in [2.24, 2.45) is 5.73 Å². The minimum absolute atomic E-state index is 0. The van der Waals surface area contributed by atoms with Crippen molar-refractivity contribution in [2.45, 2.75) is 98.3 Å². The number of anilines is 2. The Morgan fingerprint density at radius 1 is 0.600 bits per heavy atom. The van der Waals surface area contributed by atoms with E-state index in [9.17, 15) is 4.79 Å². The topological polar surface area (TPSA) is 159 Å². The maximum Gasteiger partial charge on any atom is 0.373 e. The highest BCUT2D eigenvalue weighted by molar-refractivity contribution is 5.96. The predicted molar refractivity (Wildman–Crippen MR) is 282 cm³/mol. The second-order valence-electron chi connectivity index (χ2n) is 18.3. The van der Waals surface area contributed by atoms with E-state index in [-0.39, 0.29) is 19.4 Å². The molecule has 4 aromatic carbocycles. The minimum atomic E-state index is 0. The van der Waals surface area contributed by atoms with Crippen molar-refractivity contribution in [1.29, 1.82) is 0 Å². The summed E-state index contributed by atoms with van der Waals surface area (Å²) in [5.74, 6) is 3.79. The molecule has 2 aliphatic heterocycles. The lowest BCUT2D eigenvalue weighted by molar-refractivity contribution is -0.191. The molecule has 12 heteroatoms. The van der Waals surface area contributed by atoms with Gasteiger partial charge in [0.05, 0.1) is 11.4 Å². The minimum Gasteiger partial charge on any atom is -0.369 e. The summed E-state index contributed by atoms with van der Waals surface area (Å²) in [5.41, 5.74) is 18.6. The molecule has 0 radical (unpaired) electrons. The summed E-state index contributed by atoms with van der Waals surface area (Å²) in [6.07, 6.45) is 13.8. The van der Waals surface area contributed by atoms with Gasteiger partial charge in [-0.1, -0.05) is 117 Å². The lowest BCUT2D eigenvalue weighted by Crippen LogP contribution is -2.31. The van der Waals surface area contributed by atoms with Crippen molar-refractivity contribution < 1.29 is 14.4 Å². The van der Waals surface area contributed by atoms with Crippen molar-refractivity contribution in [3.05, 3.63) is 153 Å². The lowest BCUT2D eigenvalue weighted by atomic mass is 10.0. The Kier molecular flexibility index (Phi) is 20.5. The van der Waals surface area contributed by atoms with Crippen LogP contribution in [0.5, 0.6) is 0 Å². The Balaban J connectivity index is 0.000000208. The van der Waals surface area contributed by atoms with Gasteiger partial charge in [-0.25, -0.2) is 19.9 Å². The van der Waals surface area contributed by atoms with E-state index in [1.807, 2.05) is 18.2 Å². The summed E-state index contributed by atoms with van der Waals surface area (Å²) < 4.78 is 0. The number of carbonyl (C=O) groups is 1. The van der Waals surface area contributed by atoms with E-state index in [1.54, 1.807) is 6.92 Å². The SMILES string of the molecule is C.CC(=O)c1ccc2c(c1)Cc1nc(Cc3ccccc3)nc(NCCCN3CCCCC3)c1-2.CN.Cc1ccc2c(c1)Cc1nc(Cc3ccccc3)nc(NCCCN3CCCCC3)c1-2.O=C=O. The molecule has 4 aliphatic rings. The summed E-state index contributed by atoms with van der Waals surface area (Å²) in [6, 6.07) is 33.7. The average Bonchev–Trinajstić information content (AvgIpc) is 3.94. The van der Waals surface area contributed by atoms with Gasteiger partial charge < -0.3 is 26.2 Å². The number of aromatic nitrogens is 4. The number of nitrogens with two attached hydrogens (primary N) is 1. The van der Waals surface area contributed by atoms with Crippen LogP contribution in [0.4, 0.5) is 11.6 Å². The standard InChI is InChI=1S/C28H32N4O.C27H32N4.CH5N.CO2.CH4/c1-20(33)22-11-12-24-23(18-22)19-25-27(24)28(29-13-8-16-32-14-6-3-7-15-32)31-26(30-25)17-21-9-4-2-5-10-21;1-20-11-12-23-22(17-20)19-24-26(23)27(28-13-8-16-31-14-6-3-7-15-31)30-25(29-24)18-21-9-4-2-5-10-21;1-2;2-1-3;/h2,4-5,9-12,18H,3,6-8,13-17,19H2,1H3,(H,29,30,31);2,4-5,9-12,17H,3,6-8,13-16,18-19H2,1H3,(H,28,29,30);2H2,1H3;;1H4. The number of likely N-dealkylation sites (tertiary alicyclic amines) is 2. The maximum absolute atomic E-state index is 11.9. The molecule has 4 N–H and O–H groups in total. The number of hydrogen-bond donors (Lipinski definition) is 3. The molecule has 0 atom stereocenters. The van der Waals surface area contributed by atoms with E-state index in [1.165, 1.54) is 123 Å². The fraction of sp³-hybridized carbons (Fsp3) is 0.414. The smallest absolute Gasteiger partial charge is 0.369 e. The highest BCUT2D eigenvalue weighted by atomic mass is 16.2. The van der Waals surface area contributed by atoms with Crippen LogP contribution in [-0.2, 0) is 35.3 Å². The molecule has 2 fully saturated rings. The highest BCUT2D eigenvalue weighted by Gasteiger charge is 2.27. The number of hydrogen-bond acceptors (Lipinski definition) is 12. The molecule has 0 saturated carbocycles. The van der Waals surface area contributed by atoms with Crippen LogP contribution in [0.2, 0.25) is 0 Å². The largest absolute Gasteiger partial charge is 0.373 e. The van der Waals surface area contributed by atoms with Gasteiger partial charge >= 0.3 is 6.15 Å². The molecule has 2 aromatic heterocycles. The molecular formula is C58H73N9O3. The number of rotatable bonds is 15. The number of nitrogens with zero attached hydrogens (tertiary/aromatic N) is 6. The third-order valence-corrected chi connectivity index (χ3v) is 13.3. The van der Waals surface area contributed by atoms with Crippen molar-refractivity contribution in [1.82, 2.24) is 29.7 Å². The number of carbonyl (C=O) groups excluding carboxylic acids is 3. The number of nitrogens with one attached hydrogen (secondary N) is 2. The van der Waals surface area contributed by atoms with Gasteiger partial charge in [-0.3, -0.25) is 4.79 Å². The van der Waals surface area contributed by atoms with Crippen LogP contribution in [0.25, 0.3) is 22.3 Å². The molecule has 4 heterocycles. The van der Waals surface area contributed by atoms with Crippen LogP contribution in [0, 0.1) is 6.92 Å². The van der Waals surface area contributed by atoms with E-state index < -0.39 is 0 Å². The van der Waals surface area contributed by atoms with Crippen molar-refractivity contribution in [2.75, 3.05) is 70.0 Å².